The number of alkyl halides is 1. The number of hydrogen-bond donors (Lipinski definition) is 1. The number of carbonyl (C=O) groups excluding carboxylic acids is 1. The second kappa shape index (κ2) is 4.79. The van der Waals surface area contributed by atoms with Crippen LogP contribution in [0.25, 0.3) is 0 Å². The van der Waals surface area contributed by atoms with Crippen LogP contribution in [0.1, 0.15) is 52.4 Å². The van der Waals surface area contributed by atoms with Gasteiger partial charge in [0.05, 0.1) is 0 Å². The highest BCUT2D eigenvalue weighted by atomic mass is 35.5. The van der Waals surface area contributed by atoms with Gasteiger partial charge in [0.25, 0.3) is 0 Å². The third kappa shape index (κ3) is 2.96. The minimum absolute atomic E-state index is 0.175. The lowest BCUT2D eigenvalue weighted by Crippen LogP contribution is -2.41. The van der Waals surface area contributed by atoms with E-state index in [2.05, 4.69) is 19.2 Å². The lowest BCUT2D eigenvalue weighted by atomic mass is 9.75. The third-order valence-corrected chi connectivity index (χ3v) is 5.23. The van der Waals surface area contributed by atoms with Crippen molar-refractivity contribution in [1.82, 2.24) is 5.32 Å². The van der Waals surface area contributed by atoms with Crippen LogP contribution < -0.4 is 5.32 Å². The van der Waals surface area contributed by atoms with Gasteiger partial charge in [-0.25, -0.2) is 0 Å². The number of hydrogen-bond acceptors (Lipinski definition) is 1. The van der Waals surface area contributed by atoms with Gasteiger partial charge >= 0.3 is 0 Å². The summed E-state index contributed by atoms with van der Waals surface area (Å²) in [6.07, 6.45) is 7.22. The molecule has 1 amide bonds. The molecule has 0 saturated heterocycles. The highest BCUT2D eigenvalue weighted by molar-refractivity contribution is 6.18. The molecule has 0 spiro atoms. The van der Waals surface area contributed by atoms with Crippen LogP contribution in [0.3, 0.4) is 0 Å². The summed E-state index contributed by atoms with van der Waals surface area (Å²) in [5.74, 6) is 1.16. The average Bonchev–Trinajstić information content (AvgIpc) is 2.97. The number of carbonyl (C=O) groups is 1. The zero-order valence-electron chi connectivity index (χ0n) is 11.0. The highest BCUT2D eigenvalue weighted by Crippen LogP contribution is 2.51. The monoisotopic (exact) mass is 257 g/mol. The molecule has 2 aliphatic carbocycles. The average molecular weight is 258 g/mol. The Bertz CT molecular complexity index is 295. The molecule has 0 radical (unpaired) electrons. The van der Waals surface area contributed by atoms with Crippen molar-refractivity contribution < 1.29 is 4.79 Å². The molecule has 1 N–H and O–H groups in total. The Morgan fingerprint density at radius 1 is 1.29 bits per heavy atom. The molecular formula is C14H24ClNO. The topological polar surface area (TPSA) is 29.1 Å². The molecule has 3 heteroatoms. The zero-order chi connectivity index (χ0) is 12.5. The molecule has 0 aliphatic heterocycles. The molecule has 1 atom stereocenters. The maximum Gasteiger partial charge on any atom is 0.223 e. The zero-order valence-corrected chi connectivity index (χ0v) is 11.8. The first kappa shape index (κ1) is 13.2. The molecule has 17 heavy (non-hydrogen) atoms. The summed E-state index contributed by atoms with van der Waals surface area (Å²) >= 11 is 6.12. The van der Waals surface area contributed by atoms with E-state index in [9.17, 15) is 4.79 Å². The van der Waals surface area contributed by atoms with Gasteiger partial charge in [-0.05, 0) is 24.7 Å². The molecule has 98 valence electrons. The smallest absolute Gasteiger partial charge is 0.223 e. The molecule has 2 aliphatic rings. The van der Waals surface area contributed by atoms with Crippen molar-refractivity contribution >= 4 is 17.5 Å². The molecule has 0 aromatic heterocycles. The lowest BCUT2D eigenvalue weighted by molar-refractivity contribution is -0.123. The largest absolute Gasteiger partial charge is 0.355 e. The second-order valence-corrected chi connectivity index (χ2v) is 6.92. The molecular weight excluding hydrogens is 234 g/mol. The Labute approximate surface area is 109 Å². The van der Waals surface area contributed by atoms with Gasteiger partial charge in [-0.1, -0.05) is 33.1 Å². The molecule has 2 rings (SSSR count). The van der Waals surface area contributed by atoms with Crippen molar-refractivity contribution in [2.24, 2.45) is 16.7 Å². The summed E-state index contributed by atoms with van der Waals surface area (Å²) in [4.78, 5) is 12.0. The SMILES string of the molecule is CC1(C)CC1C(=O)NCC1(CCl)CCCCC1. The Morgan fingerprint density at radius 2 is 1.88 bits per heavy atom. The van der Waals surface area contributed by atoms with E-state index in [-0.39, 0.29) is 22.7 Å². The molecule has 0 aromatic carbocycles. The highest BCUT2D eigenvalue weighted by Gasteiger charge is 2.50. The summed E-state index contributed by atoms with van der Waals surface area (Å²) in [6, 6.07) is 0. The Hall–Kier alpha value is -0.240. The first-order valence-corrected chi connectivity index (χ1v) is 7.36. The van der Waals surface area contributed by atoms with E-state index in [1.54, 1.807) is 0 Å². The van der Waals surface area contributed by atoms with Crippen molar-refractivity contribution in [3.05, 3.63) is 0 Å². The minimum atomic E-state index is 0.175. The molecule has 2 saturated carbocycles. The minimum Gasteiger partial charge on any atom is -0.355 e. The molecule has 0 heterocycles. The van der Waals surface area contributed by atoms with Crippen LogP contribution in [-0.4, -0.2) is 18.3 Å². The van der Waals surface area contributed by atoms with Gasteiger partial charge in [-0.15, -0.1) is 11.6 Å². The van der Waals surface area contributed by atoms with Crippen LogP contribution in [-0.2, 0) is 4.79 Å². The Balaban J connectivity index is 1.82. The van der Waals surface area contributed by atoms with Crippen molar-refractivity contribution in [3.8, 4) is 0 Å². The maximum atomic E-state index is 12.0. The summed E-state index contributed by atoms with van der Waals surface area (Å²) in [6.45, 7) is 5.10. The number of nitrogens with one attached hydrogen (secondary N) is 1. The van der Waals surface area contributed by atoms with E-state index in [4.69, 9.17) is 11.6 Å². The van der Waals surface area contributed by atoms with Crippen LogP contribution in [0.5, 0.6) is 0 Å². The Morgan fingerprint density at radius 3 is 2.35 bits per heavy atom. The van der Waals surface area contributed by atoms with Gasteiger partial charge in [0, 0.05) is 23.8 Å². The fraction of sp³-hybridized carbons (Fsp3) is 0.929. The van der Waals surface area contributed by atoms with Gasteiger partial charge in [0.2, 0.25) is 5.91 Å². The van der Waals surface area contributed by atoms with Gasteiger partial charge in [-0.3, -0.25) is 4.79 Å². The predicted molar refractivity (Wildman–Crippen MR) is 71.1 cm³/mol. The van der Waals surface area contributed by atoms with Crippen molar-refractivity contribution in [2.75, 3.05) is 12.4 Å². The number of halogens is 1. The van der Waals surface area contributed by atoms with Gasteiger partial charge in [0.15, 0.2) is 0 Å². The molecule has 0 aromatic rings. The van der Waals surface area contributed by atoms with Crippen LogP contribution >= 0.6 is 11.6 Å². The first-order valence-electron chi connectivity index (χ1n) is 6.83. The van der Waals surface area contributed by atoms with E-state index < -0.39 is 0 Å². The lowest BCUT2D eigenvalue weighted by Gasteiger charge is -2.35. The quantitative estimate of drug-likeness (QED) is 0.769. The second-order valence-electron chi connectivity index (χ2n) is 6.66. The molecule has 1 unspecified atom stereocenters. The molecule has 0 bridgehead atoms. The first-order chi connectivity index (χ1) is 7.99. The maximum absolute atomic E-state index is 12.0. The fourth-order valence-electron chi connectivity index (χ4n) is 2.97. The summed E-state index contributed by atoms with van der Waals surface area (Å²) in [5, 5.41) is 3.14. The predicted octanol–water partition coefficient (Wildman–Crippen LogP) is 3.34. The Kier molecular flexibility index (Phi) is 3.72. The van der Waals surface area contributed by atoms with Gasteiger partial charge < -0.3 is 5.32 Å². The van der Waals surface area contributed by atoms with E-state index in [0.29, 0.717) is 5.88 Å². The van der Waals surface area contributed by atoms with E-state index in [0.717, 1.165) is 13.0 Å². The summed E-state index contributed by atoms with van der Waals surface area (Å²) < 4.78 is 0. The number of rotatable bonds is 4. The van der Waals surface area contributed by atoms with Crippen LogP contribution in [0.4, 0.5) is 0 Å². The van der Waals surface area contributed by atoms with E-state index in [1.165, 1.54) is 32.1 Å². The summed E-state index contributed by atoms with van der Waals surface area (Å²) in [5.41, 5.74) is 0.402. The van der Waals surface area contributed by atoms with E-state index in [1.807, 2.05) is 0 Å². The normalized spacial score (nSPS) is 29.7. The summed E-state index contributed by atoms with van der Waals surface area (Å²) in [7, 11) is 0. The van der Waals surface area contributed by atoms with Crippen LogP contribution in [0.2, 0.25) is 0 Å². The van der Waals surface area contributed by atoms with Crippen molar-refractivity contribution in [2.45, 2.75) is 52.4 Å². The number of amides is 1. The van der Waals surface area contributed by atoms with Crippen molar-refractivity contribution in [1.29, 1.82) is 0 Å². The fourth-order valence-corrected chi connectivity index (χ4v) is 3.33. The van der Waals surface area contributed by atoms with Crippen molar-refractivity contribution in [3.63, 3.8) is 0 Å². The molecule has 2 fully saturated rings. The van der Waals surface area contributed by atoms with E-state index >= 15 is 0 Å². The van der Waals surface area contributed by atoms with Gasteiger partial charge in [-0.2, -0.15) is 0 Å². The standard InChI is InChI=1S/C14H24ClNO/c1-13(2)8-11(13)12(17)16-10-14(9-15)6-4-3-5-7-14/h11H,3-10H2,1-2H3,(H,16,17). The van der Waals surface area contributed by atoms with Crippen LogP contribution in [0.15, 0.2) is 0 Å². The van der Waals surface area contributed by atoms with Crippen LogP contribution in [0, 0.1) is 16.7 Å². The van der Waals surface area contributed by atoms with Gasteiger partial charge in [0.1, 0.15) is 0 Å². The molecule has 2 nitrogen and oxygen atoms in total. The third-order valence-electron chi connectivity index (χ3n) is 4.67.